The number of aromatic nitrogens is 2. The number of halogens is 1. The maximum absolute atomic E-state index is 12.4. The average molecular weight is 457 g/mol. The molecule has 31 heavy (non-hydrogen) atoms. The summed E-state index contributed by atoms with van der Waals surface area (Å²) < 4.78 is 5.60. The van der Waals surface area contributed by atoms with E-state index in [-0.39, 0.29) is 17.6 Å². The van der Waals surface area contributed by atoms with Gasteiger partial charge in [0.2, 0.25) is 17.7 Å². The minimum atomic E-state index is -0.178. The summed E-state index contributed by atoms with van der Waals surface area (Å²) in [4.78, 5) is 26.2. The predicted molar refractivity (Wildman–Crippen MR) is 120 cm³/mol. The second kappa shape index (κ2) is 9.98. The molecule has 9 heteroatoms. The van der Waals surface area contributed by atoms with Crippen LogP contribution in [0.3, 0.4) is 0 Å². The number of nitrogens with zero attached hydrogens (tertiary/aromatic N) is 3. The van der Waals surface area contributed by atoms with E-state index in [9.17, 15) is 9.59 Å². The van der Waals surface area contributed by atoms with Crippen LogP contribution in [0.15, 0.2) is 58.2 Å². The molecule has 1 N–H and O–H groups in total. The lowest BCUT2D eigenvalue weighted by Gasteiger charge is -2.26. The monoisotopic (exact) mass is 456 g/mol. The lowest BCUT2D eigenvalue weighted by Crippen LogP contribution is -2.34. The number of carbonyl (C=O) groups is 2. The molecule has 2 aromatic carbocycles. The lowest BCUT2D eigenvalue weighted by molar-refractivity contribution is -0.133. The summed E-state index contributed by atoms with van der Waals surface area (Å²) in [7, 11) is 0. The van der Waals surface area contributed by atoms with Crippen molar-refractivity contribution in [3.8, 4) is 11.5 Å². The highest BCUT2D eigenvalue weighted by Crippen LogP contribution is 2.24. The van der Waals surface area contributed by atoms with Gasteiger partial charge in [0, 0.05) is 35.8 Å². The van der Waals surface area contributed by atoms with Gasteiger partial charge < -0.3 is 14.6 Å². The van der Waals surface area contributed by atoms with Crippen LogP contribution in [0.2, 0.25) is 5.02 Å². The van der Waals surface area contributed by atoms with Crippen LogP contribution in [-0.2, 0) is 16.1 Å². The van der Waals surface area contributed by atoms with Crippen molar-refractivity contribution in [2.45, 2.75) is 31.0 Å². The molecule has 0 aliphatic carbocycles. The number of likely N-dealkylation sites (tertiary alicyclic amines) is 1. The number of hydrogen-bond acceptors (Lipinski definition) is 6. The van der Waals surface area contributed by atoms with Crippen LogP contribution in [0.1, 0.15) is 24.8 Å². The Hall–Kier alpha value is -2.84. The summed E-state index contributed by atoms with van der Waals surface area (Å²) in [6.45, 7) is 1.35. The first-order valence-corrected chi connectivity index (χ1v) is 11.3. The first-order chi connectivity index (χ1) is 15.1. The van der Waals surface area contributed by atoms with Crippen molar-refractivity contribution in [2.75, 3.05) is 17.6 Å². The van der Waals surface area contributed by atoms with Crippen molar-refractivity contribution >= 4 is 40.9 Å². The van der Waals surface area contributed by atoms with Crippen LogP contribution in [0.5, 0.6) is 0 Å². The number of hydrogen-bond donors (Lipinski definition) is 1. The number of anilines is 1. The first kappa shape index (κ1) is 21.4. The fraction of sp³-hybridized carbons (Fsp3) is 0.273. The zero-order valence-electron chi connectivity index (χ0n) is 16.7. The van der Waals surface area contributed by atoms with Crippen LogP contribution in [0.25, 0.3) is 11.5 Å². The van der Waals surface area contributed by atoms with Gasteiger partial charge in [-0.1, -0.05) is 35.5 Å². The molecule has 1 aliphatic heterocycles. The molecule has 0 unspecified atom stereocenters. The molecule has 0 bridgehead atoms. The fourth-order valence-electron chi connectivity index (χ4n) is 3.30. The highest BCUT2D eigenvalue weighted by molar-refractivity contribution is 7.99. The third-order valence-electron chi connectivity index (χ3n) is 4.83. The molecule has 1 fully saturated rings. The minimum Gasteiger partial charge on any atom is -0.411 e. The Morgan fingerprint density at radius 2 is 2.00 bits per heavy atom. The quantitative estimate of drug-likeness (QED) is 0.521. The van der Waals surface area contributed by atoms with Crippen molar-refractivity contribution in [1.82, 2.24) is 15.1 Å². The molecular weight excluding hydrogens is 436 g/mol. The summed E-state index contributed by atoms with van der Waals surface area (Å²) >= 11 is 7.06. The van der Waals surface area contributed by atoms with Crippen LogP contribution in [0, 0.1) is 0 Å². The Kier molecular flexibility index (Phi) is 6.89. The highest BCUT2D eigenvalue weighted by atomic mass is 35.5. The molecule has 1 aliphatic rings. The van der Waals surface area contributed by atoms with Gasteiger partial charge in [0.05, 0.1) is 5.75 Å². The maximum Gasteiger partial charge on any atom is 0.277 e. The van der Waals surface area contributed by atoms with Crippen molar-refractivity contribution in [2.24, 2.45) is 0 Å². The van der Waals surface area contributed by atoms with Crippen LogP contribution in [0.4, 0.5) is 5.69 Å². The molecule has 2 heterocycles. The molecule has 160 valence electrons. The molecule has 2 amide bonds. The predicted octanol–water partition coefficient (Wildman–Crippen LogP) is 4.63. The highest BCUT2D eigenvalue weighted by Gasteiger charge is 2.18. The Morgan fingerprint density at radius 3 is 2.81 bits per heavy atom. The van der Waals surface area contributed by atoms with Gasteiger partial charge in [0.1, 0.15) is 0 Å². The Morgan fingerprint density at radius 1 is 1.16 bits per heavy atom. The largest absolute Gasteiger partial charge is 0.411 e. The van der Waals surface area contributed by atoms with E-state index in [1.54, 1.807) is 24.3 Å². The lowest BCUT2D eigenvalue weighted by atomic mass is 10.1. The molecule has 0 saturated carbocycles. The Bertz CT molecular complexity index is 1070. The summed E-state index contributed by atoms with van der Waals surface area (Å²) in [5, 5.41) is 11.8. The van der Waals surface area contributed by atoms with Gasteiger partial charge in [-0.05, 0) is 54.8 Å². The van der Waals surface area contributed by atoms with Crippen LogP contribution in [-0.4, -0.2) is 39.2 Å². The SMILES string of the molecule is O=C(CSc1nnc(-c2ccc(Cl)cc2)o1)Nc1cccc(CN2CCCCC2=O)c1. The van der Waals surface area contributed by atoms with E-state index >= 15 is 0 Å². The van der Waals surface area contributed by atoms with E-state index in [4.69, 9.17) is 16.0 Å². The first-order valence-electron chi connectivity index (χ1n) is 9.95. The minimum absolute atomic E-state index is 0.136. The topological polar surface area (TPSA) is 88.3 Å². The zero-order chi connectivity index (χ0) is 21.6. The van der Waals surface area contributed by atoms with Crippen molar-refractivity contribution in [3.05, 3.63) is 59.1 Å². The fourth-order valence-corrected chi connectivity index (χ4v) is 3.99. The third-order valence-corrected chi connectivity index (χ3v) is 5.90. The van der Waals surface area contributed by atoms with Gasteiger partial charge >= 0.3 is 0 Å². The second-order valence-corrected chi connectivity index (χ2v) is 8.55. The molecule has 1 aromatic heterocycles. The Labute approximate surface area is 189 Å². The van der Waals surface area contributed by atoms with E-state index in [0.29, 0.717) is 34.8 Å². The molecule has 0 atom stereocenters. The van der Waals surface area contributed by atoms with E-state index in [1.807, 2.05) is 29.2 Å². The van der Waals surface area contributed by atoms with Crippen molar-refractivity contribution in [3.63, 3.8) is 0 Å². The van der Waals surface area contributed by atoms with Crippen LogP contribution < -0.4 is 5.32 Å². The summed E-state index contributed by atoms with van der Waals surface area (Å²) in [5.74, 6) is 0.522. The number of piperidine rings is 1. The van der Waals surface area contributed by atoms with Crippen molar-refractivity contribution < 1.29 is 14.0 Å². The number of amides is 2. The van der Waals surface area contributed by atoms with E-state index < -0.39 is 0 Å². The molecule has 0 spiro atoms. The van der Waals surface area contributed by atoms with E-state index in [2.05, 4.69) is 15.5 Å². The van der Waals surface area contributed by atoms with E-state index in [1.165, 1.54) is 11.8 Å². The second-order valence-electron chi connectivity index (χ2n) is 7.19. The van der Waals surface area contributed by atoms with Crippen molar-refractivity contribution in [1.29, 1.82) is 0 Å². The summed E-state index contributed by atoms with van der Waals surface area (Å²) in [6.07, 6.45) is 2.61. The number of rotatable bonds is 7. The van der Waals surface area contributed by atoms with E-state index in [0.717, 1.165) is 30.5 Å². The van der Waals surface area contributed by atoms with Gasteiger partial charge in [0.25, 0.3) is 5.22 Å². The van der Waals surface area contributed by atoms with Gasteiger partial charge in [-0.2, -0.15) is 0 Å². The number of carbonyl (C=O) groups excluding carboxylic acids is 2. The van der Waals surface area contributed by atoms with Gasteiger partial charge in [0.15, 0.2) is 0 Å². The smallest absolute Gasteiger partial charge is 0.277 e. The number of benzene rings is 2. The normalized spacial score (nSPS) is 14.0. The molecule has 1 saturated heterocycles. The Balaban J connectivity index is 1.30. The molecule has 7 nitrogen and oxygen atoms in total. The summed E-state index contributed by atoms with van der Waals surface area (Å²) in [5.41, 5.74) is 2.45. The molecule has 0 radical (unpaired) electrons. The molecule has 3 aromatic rings. The zero-order valence-corrected chi connectivity index (χ0v) is 18.3. The van der Waals surface area contributed by atoms with Gasteiger partial charge in [-0.25, -0.2) is 0 Å². The van der Waals surface area contributed by atoms with Gasteiger partial charge in [-0.3, -0.25) is 9.59 Å². The van der Waals surface area contributed by atoms with Crippen LogP contribution >= 0.6 is 23.4 Å². The summed E-state index contributed by atoms with van der Waals surface area (Å²) in [6, 6.07) is 14.6. The third kappa shape index (κ3) is 5.86. The standard InChI is InChI=1S/C22H21ClN4O3S/c23-17-9-7-16(8-10-17)21-25-26-22(30-21)31-14-19(28)24-18-5-3-4-15(12-18)13-27-11-2-1-6-20(27)29/h3-5,7-10,12H,1-2,6,11,13-14H2,(H,24,28). The average Bonchev–Trinajstić information content (AvgIpc) is 3.24. The molecular formula is C22H21ClN4O3S. The number of thioether (sulfide) groups is 1. The number of nitrogens with one attached hydrogen (secondary N) is 1. The van der Waals surface area contributed by atoms with Gasteiger partial charge in [-0.15, -0.1) is 10.2 Å². The maximum atomic E-state index is 12.4. The molecule has 4 rings (SSSR count).